The van der Waals surface area contributed by atoms with Gasteiger partial charge in [-0.05, 0) is 49.2 Å². The van der Waals surface area contributed by atoms with Gasteiger partial charge in [0, 0.05) is 0 Å². The third-order valence-corrected chi connectivity index (χ3v) is 2.40. The molecule has 0 radical (unpaired) electrons. The molecule has 17 heavy (non-hydrogen) atoms. The molecule has 0 N–H and O–H groups in total. The fourth-order valence-electron chi connectivity index (χ4n) is 1.64. The van der Waals surface area contributed by atoms with E-state index in [-0.39, 0.29) is 11.9 Å². The topological polar surface area (TPSA) is 9.23 Å². The van der Waals surface area contributed by atoms with E-state index in [2.05, 4.69) is 0 Å². The molecule has 0 fully saturated rings. The molecule has 0 atom stereocenters. The van der Waals surface area contributed by atoms with Gasteiger partial charge in [-0.15, -0.1) is 0 Å². The van der Waals surface area contributed by atoms with Gasteiger partial charge in [0.25, 0.3) is 0 Å². The van der Waals surface area contributed by atoms with Crippen LogP contribution in [-0.4, -0.2) is 6.10 Å². The Kier molecular flexibility index (Phi) is 3.43. The first-order chi connectivity index (χ1) is 8.15. The second-order valence-electron chi connectivity index (χ2n) is 4.20. The monoisotopic (exact) mass is 230 g/mol. The molecular formula is C15H15FO. The molecule has 2 heteroatoms. The van der Waals surface area contributed by atoms with Crippen LogP contribution < -0.4 is 4.74 Å². The van der Waals surface area contributed by atoms with E-state index < -0.39 is 0 Å². The lowest BCUT2D eigenvalue weighted by Gasteiger charge is -2.10. The van der Waals surface area contributed by atoms with Crippen LogP contribution in [0.3, 0.4) is 0 Å². The molecule has 0 saturated heterocycles. The maximum atomic E-state index is 12.8. The molecule has 88 valence electrons. The Morgan fingerprint density at radius 1 is 0.824 bits per heavy atom. The van der Waals surface area contributed by atoms with Gasteiger partial charge in [0.2, 0.25) is 0 Å². The van der Waals surface area contributed by atoms with E-state index in [0.29, 0.717) is 0 Å². The Morgan fingerprint density at radius 2 is 1.29 bits per heavy atom. The molecule has 2 aromatic rings. The van der Waals surface area contributed by atoms with Crippen molar-refractivity contribution in [3.63, 3.8) is 0 Å². The summed E-state index contributed by atoms with van der Waals surface area (Å²) in [5, 5.41) is 0. The van der Waals surface area contributed by atoms with Gasteiger partial charge in [-0.25, -0.2) is 4.39 Å². The summed E-state index contributed by atoms with van der Waals surface area (Å²) in [6, 6.07) is 14.3. The van der Waals surface area contributed by atoms with Crippen molar-refractivity contribution in [2.24, 2.45) is 0 Å². The van der Waals surface area contributed by atoms with Crippen molar-refractivity contribution in [2.75, 3.05) is 0 Å². The van der Waals surface area contributed by atoms with Crippen molar-refractivity contribution in [2.45, 2.75) is 20.0 Å². The molecule has 1 nitrogen and oxygen atoms in total. The zero-order valence-electron chi connectivity index (χ0n) is 9.98. The minimum absolute atomic E-state index is 0.173. The third kappa shape index (κ3) is 3.06. The Morgan fingerprint density at radius 3 is 1.76 bits per heavy atom. The first-order valence-corrected chi connectivity index (χ1v) is 5.68. The van der Waals surface area contributed by atoms with Crippen molar-refractivity contribution in [1.29, 1.82) is 0 Å². The fourth-order valence-corrected chi connectivity index (χ4v) is 1.64. The molecule has 0 aliphatic heterocycles. The fraction of sp³-hybridized carbons (Fsp3) is 0.200. The van der Waals surface area contributed by atoms with E-state index in [1.54, 1.807) is 12.1 Å². The van der Waals surface area contributed by atoms with Crippen molar-refractivity contribution >= 4 is 0 Å². The average Bonchev–Trinajstić information content (AvgIpc) is 2.30. The normalized spacial score (nSPS) is 10.6. The van der Waals surface area contributed by atoms with Crippen molar-refractivity contribution in [1.82, 2.24) is 0 Å². The Balaban J connectivity index is 2.20. The standard InChI is InChI=1S/C15H15FO/c1-11(2)17-15-9-5-13(6-10-15)12-3-7-14(16)8-4-12/h3-11H,1-2H3. The number of rotatable bonds is 3. The van der Waals surface area contributed by atoms with Crippen LogP contribution in [0.25, 0.3) is 11.1 Å². The maximum Gasteiger partial charge on any atom is 0.123 e. The SMILES string of the molecule is CC(C)Oc1ccc(-c2ccc(F)cc2)cc1. The molecule has 0 bridgehead atoms. The summed E-state index contributed by atoms with van der Waals surface area (Å²) < 4.78 is 18.4. The molecular weight excluding hydrogens is 215 g/mol. The number of halogens is 1. The molecule has 0 aromatic heterocycles. The highest BCUT2D eigenvalue weighted by Crippen LogP contribution is 2.23. The second-order valence-corrected chi connectivity index (χ2v) is 4.20. The lowest BCUT2D eigenvalue weighted by Crippen LogP contribution is -2.05. The summed E-state index contributed by atoms with van der Waals surface area (Å²) in [7, 11) is 0. The van der Waals surface area contributed by atoms with Gasteiger partial charge in [0.1, 0.15) is 11.6 Å². The molecule has 0 aliphatic carbocycles. The van der Waals surface area contributed by atoms with Gasteiger partial charge < -0.3 is 4.74 Å². The predicted molar refractivity (Wildman–Crippen MR) is 67.6 cm³/mol. The Bertz CT molecular complexity index is 471. The number of hydrogen-bond donors (Lipinski definition) is 0. The van der Waals surface area contributed by atoms with E-state index in [4.69, 9.17) is 4.74 Å². The van der Waals surface area contributed by atoms with Crippen LogP contribution in [-0.2, 0) is 0 Å². The van der Waals surface area contributed by atoms with Gasteiger partial charge in [-0.3, -0.25) is 0 Å². The largest absolute Gasteiger partial charge is 0.491 e. The zero-order chi connectivity index (χ0) is 12.3. The van der Waals surface area contributed by atoms with Crippen LogP contribution in [0.5, 0.6) is 5.75 Å². The van der Waals surface area contributed by atoms with Crippen LogP contribution >= 0.6 is 0 Å². The number of ether oxygens (including phenoxy) is 1. The van der Waals surface area contributed by atoms with Crippen LogP contribution in [0.15, 0.2) is 48.5 Å². The first kappa shape index (κ1) is 11.6. The lowest BCUT2D eigenvalue weighted by atomic mass is 10.1. The summed E-state index contributed by atoms with van der Waals surface area (Å²) in [6.45, 7) is 3.99. The van der Waals surface area contributed by atoms with Gasteiger partial charge in [0.15, 0.2) is 0 Å². The third-order valence-electron chi connectivity index (χ3n) is 2.40. The van der Waals surface area contributed by atoms with Gasteiger partial charge in [-0.2, -0.15) is 0 Å². The molecule has 0 unspecified atom stereocenters. The molecule has 0 heterocycles. The molecule has 2 rings (SSSR count). The van der Waals surface area contributed by atoms with E-state index in [1.165, 1.54) is 12.1 Å². The Hall–Kier alpha value is -1.83. The highest BCUT2D eigenvalue weighted by atomic mass is 19.1. The maximum absolute atomic E-state index is 12.8. The van der Waals surface area contributed by atoms with E-state index in [9.17, 15) is 4.39 Å². The van der Waals surface area contributed by atoms with Crippen molar-refractivity contribution in [3.8, 4) is 16.9 Å². The van der Waals surface area contributed by atoms with E-state index in [0.717, 1.165) is 16.9 Å². The summed E-state index contributed by atoms with van der Waals surface area (Å²) in [5.41, 5.74) is 2.06. The van der Waals surface area contributed by atoms with Crippen LogP contribution in [0.1, 0.15) is 13.8 Å². The van der Waals surface area contributed by atoms with Gasteiger partial charge in [-0.1, -0.05) is 24.3 Å². The van der Waals surface area contributed by atoms with E-state index in [1.807, 2.05) is 38.1 Å². The summed E-state index contributed by atoms with van der Waals surface area (Å²) >= 11 is 0. The Labute approximate surface area is 101 Å². The highest BCUT2D eigenvalue weighted by Gasteiger charge is 2.00. The van der Waals surface area contributed by atoms with Crippen LogP contribution in [0.2, 0.25) is 0 Å². The van der Waals surface area contributed by atoms with Crippen LogP contribution in [0.4, 0.5) is 4.39 Å². The smallest absolute Gasteiger partial charge is 0.123 e. The molecule has 0 aliphatic rings. The van der Waals surface area contributed by atoms with Gasteiger partial charge in [0.05, 0.1) is 6.10 Å². The summed E-state index contributed by atoms with van der Waals surface area (Å²) in [6.07, 6.45) is 0.173. The summed E-state index contributed by atoms with van der Waals surface area (Å²) in [5.74, 6) is 0.638. The van der Waals surface area contributed by atoms with Crippen LogP contribution in [0, 0.1) is 5.82 Å². The van der Waals surface area contributed by atoms with E-state index >= 15 is 0 Å². The molecule has 0 amide bonds. The lowest BCUT2D eigenvalue weighted by molar-refractivity contribution is 0.242. The second kappa shape index (κ2) is 5.00. The molecule has 0 saturated carbocycles. The first-order valence-electron chi connectivity index (χ1n) is 5.68. The highest BCUT2D eigenvalue weighted by molar-refractivity contribution is 5.63. The predicted octanol–water partition coefficient (Wildman–Crippen LogP) is 4.28. The van der Waals surface area contributed by atoms with Crippen molar-refractivity contribution in [3.05, 3.63) is 54.3 Å². The zero-order valence-corrected chi connectivity index (χ0v) is 9.98. The van der Waals surface area contributed by atoms with Crippen molar-refractivity contribution < 1.29 is 9.13 Å². The minimum atomic E-state index is -0.214. The molecule has 2 aromatic carbocycles. The molecule has 0 spiro atoms. The average molecular weight is 230 g/mol. The minimum Gasteiger partial charge on any atom is -0.491 e. The summed E-state index contributed by atoms with van der Waals surface area (Å²) in [4.78, 5) is 0. The quantitative estimate of drug-likeness (QED) is 0.764. The number of hydrogen-bond acceptors (Lipinski definition) is 1. The number of benzene rings is 2. The van der Waals surface area contributed by atoms with Gasteiger partial charge >= 0.3 is 0 Å².